The predicted molar refractivity (Wildman–Crippen MR) is 195 cm³/mol. The van der Waals surface area contributed by atoms with Crippen LogP contribution in [0.15, 0.2) is 36.4 Å². The van der Waals surface area contributed by atoms with Crippen LogP contribution < -0.4 is 9.47 Å². The molecule has 1 aliphatic carbocycles. The molecule has 0 radical (unpaired) electrons. The minimum Gasteiger partial charge on any atom is -0.496 e. The van der Waals surface area contributed by atoms with Gasteiger partial charge in [-0.15, -0.1) is 0 Å². The summed E-state index contributed by atoms with van der Waals surface area (Å²) in [6, 6.07) is 13.2. The first-order valence-electron chi connectivity index (χ1n) is 19.6. The molecular weight excluding hydrogens is 616 g/mol. The Morgan fingerprint density at radius 2 is 1.41 bits per heavy atom. The molecule has 2 aromatic carbocycles. The fraction of sp³-hybridized carbons (Fsp3) is 0.714. The molecule has 0 aromatic heterocycles. The molecule has 5 rings (SSSR count). The van der Waals surface area contributed by atoms with Crippen molar-refractivity contribution in [1.29, 1.82) is 0 Å². The van der Waals surface area contributed by atoms with E-state index in [-0.39, 0.29) is 36.1 Å². The van der Waals surface area contributed by atoms with Gasteiger partial charge in [-0.3, -0.25) is 0 Å². The van der Waals surface area contributed by atoms with Crippen LogP contribution in [0.5, 0.6) is 11.5 Å². The van der Waals surface area contributed by atoms with Gasteiger partial charge in [-0.25, -0.2) is 0 Å². The lowest BCUT2D eigenvalue weighted by Crippen LogP contribution is -2.58. The Bertz CT molecular complexity index is 1260. The Kier molecular flexibility index (Phi) is 15.1. The van der Waals surface area contributed by atoms with Gasteiger partial charge in [0.25, 0.3) is 0 Å². The third kappa shape index (κ3) is 10.0. The smallest absolute Gasteiger partial charge is 0.123 e. The molecule has 0 N–H and O–H groups in total. The number of fused-ring (bicyclic) bond motifs is 1. The van der Waals surface area contributed by atoms with Crippen molar-refractivity contribution >= 4 is 0 Å². The Hall–Kier alpha value is -2.16. The van der Waals surface area contributed by atoms with Crippen LogP contribution in [0.4, 0.5) is 0 Å². The van der Waals surface area contributed by atoms with Gasteiger partial charge >= 0.3 is 0 Å². The van der Waals surface area contributed by atoms with Crippen molar-refractivity contribution in [3.63, 3.8) is 0 Å². The van der Waals surface area contributed by atoms with E-state index in [4.69, 9.17) is 33.2 Å². The molecule has 7 heteroatoms. The molecule has 3 aliphatic rings. The van der Waals surface area contributed by atoms with Gasteiger partial charge < -0.3 is 33.2 Å². The first-order chi connectivity index (χ1) is 24.0. The second kappa shape index (κ2) is 19.4. The summed E-state index contributed by atoms with van der Waals surface area (Å²) in [5.41, 5.74) is 4.87. The van der Waals surface area contributed by atoms with Crippen LogP contribution in [-0.2, 0) is 36.5 Å². The Morgan fingerprint density at radius 1 is 0.735 bits per heavy atom. The molecule has 3 unspecified atom stereocenters. The van der Waals surface area contributed by atoms with Crippen LogP contribution in [0.3, 0.4) is 0 Å². The minimum atomic E-state index is -0.338. The zero-order valence-corrected chi connectivity index (χ0v) is 31.1. The van der Waals surface area contributed by atoms with E-state index in [9.17, 15) is 0 Å². The van der Waals surface area contributed by atoms with Crippen molar-refractivity contribution in [2.45, 2.75) is 154 Å². The largest absolute Gasteiger partial charge is 0.496 e. The van der Waals surface area contributed by atoms with Crippen LogP contribution in [-0.4, -0.2) is 70.2 Å². The average Bonchev–Trinajstić information content (AvgIpc) is 3.10. The van der Waals surface area contributed by atoms with Crippen molar-refractivity contribution in [1.82, 2.24) is 0 Å². The lowest BCUT2D eigenvalue weighted by Gasteiger charge is -2.46. The fourth-order valence-corrected chi connectivity index (χ4v) is 7.37. The molecule has 7 nitrogen and oxygen atoms in total. The number of ether oxygens (including phenoxy) is 7. The van der Waals surface area contributed by atoms with Gasteiger partial charge in [-0.05, 0) is 98.2 Å². The first kappa shape index (κ1) is 38.1. The monoisotopic (exact) mass is 680 g/mol. The van der Waals surface area contributed by atoms with Gasteiger partial charge in [-0.1, -0.05) is 71.6 Å². The molecule has 0 bridgehead atoms. The predicted octanol–water partition coefficient (Wildman–Crippen LogP) is 9.35. The second-order valence-electron chi connectivity index (χ2n) is 14.4. The Morgan fingerprint density at radius 3 is 2.06 bits per heavy atom. The molecule has 2 heterocycles. The summed E-state index contributed by atoms with van der Waals surface area (Å²) >= 11 is 0. The van der Waals surface area contributed by atoms with Gasteiger partial charge in [0.15, 0.2) is 0 Å². The van der Waals surface area contributed by atoms with E-state index < -0.39 is 0 Å². The second-order valence-corrected chi connectivity index (χ2v) is 14.4. The SMILES string of the molecule is CCCCOC[C@H]1OC(c2ccc(OC)c(Cc3ccc4c(c3)CCC3(CCC3)O4)c2)C(OCCCC)C(OCCCC)[C@@H]1OCCCC. The van der Waals surface area contributed by atoms with Crippen molar-refractivity contribution in [2.75, 3.05) is 40.1 Å². The highest BCUT2D eigenvalue weighted by Crippen LogP contribution is 2.45. The van der Waals surface area contributed by atoms with E-state index >= 15 is 0 Å². The molecule has 2 aromatic rings. The number of rotatable bonds is 21. The van der Waals surface area contributed by atoms with E-state index in [2.05, 4.69) is 64.1 Å². The summed E-state index contributed by atoms with van der Waals surface area (Å²) in [6.45, 7) is 11.9. The number of unbranched alkanes of at least 4 members (excludes halogenated alkanes) is 4. The third-order valence-corrected chi connectivity index (χ3v) is 10.6. The van der Waals surface area contributed by atoms with Crippen LogP contribution >= 0.6 is 0 Å². The van der Waals surface area contributed by atoms with Crippen LogP contribution in [0, 0.1) is 0 Å². The number of hydrogen-bond donors (Lipinski definition) is 0. The van der Waals surface area contributed by atoms with Gasteiger partial charge in [0.05, 0.1) is 13.7 Å². The fourth-order valence-electron chi connectivity index (χ4n) is 7.37. The maximum Gasteiger partial charge on any atom is 0.123 e. The quantitative estimate of drug-likeness (QED) is 0.122. The van der Waals surface area contributed by atoms with Crippen LogP contribution in [0.1, 0.15) is 133 Å². The number of benzene rings is 2. The van der Waals surface area contributed by atoms with Crippen molar-refractivity contribution in [3.8, 4) is 11.5 Å². The molecule has 49 heavy (non-hydrogen) atoms. The summed E-state index contributed by atoms with van der Waals surface area (Å²) < 4.78 is 45.8. The van der Waals surface area contributed by atoms with E-state index in [1.807, 2.05) is 0 Å². The maximum absolute atomic E-state index is 7.05. The van der Waals surface area contributed by atoms with Gasteiger partial charge in [0.2, 0.25) is 0 Å². The molecule has 1 saturated heterocycles. The number of aryl methyl sites for hydroxylation is 1. The van der Waals surface area contributed by atoms with Crippen LogP contribution in [0.2, 0.25) is 0 Å². The van der Waals surface area contributed by atoms with Gasteiger partial charge in [0, 0.05) is 32.8 Å². The van der Waals surface area contributed by atoms with E-state index in [1.165, 1.54) is 30.4 Å². The van der Waals surface area contributed by atoms with Crippen molar-refractivity contribution in [2.24, 2.45) is 0 Å². The summed E-state index contributed by atoms with van der Waals surface area (Å²) in [7, 11) is 1.75. The topological polar surface area (TPSA) is 64.6 Å². The van der Waals surface area contributed by atoms with Gasteiger partial charge in [0.1, 0.15) is 47.6 Å². The molecular formula is C42H64O7. The standard InChI is InChI=1S/C42H64O7/c1-6-10-23-44-30-37-39(45-24-11-7-2)41(47-26-13-9-4)40(46-25-12-8-3)38(48-37)33-16-18-35(43-5)34(29-33)28-31-15-17-36-32(27-31)19-22-42(49-36)20-14-21-42/h15-18,27,29,37-41H,6-14,19-26,28,30H2,1-5H3/t37-,38?,39-,40?,41?/m1/s1. The number of methoxy groups -OCH3 is 1. The third-order valence-electron chi connectivity index (χ3n) is 10.6. The van der Waals surface area contributed by atoms with E-state index in [0.717, 1.165) is 93.3 Å². The number of hydrogen-bond acceptors (Lipinski definition) is 7. The lowest BCUT2D eigenvalue weighted by molar-refractivity contribution is -0.268. The van der Waals surface area contributed by atoms with E-state index in [0.29, 0.717) is 33.0 Å². The molecule has 0 amide bonds. The molecule has 1 spiro atoms. The summed E-state index contributed by atoms with van der Waals surface area (Å²) in [5, 5.41) is 0. The molecule has 2 fully saturated rings. The zero-order valence-electron chi connectivity index (χ0n) is 31.1. The summed E-state index contributed by atoms with van der Waals surface area (Å²) in [4.78, 5) is 0. The first-order valence-corrected chi connectivity index (χ1v) is 19.6. The highest BCUT2D eigenvalue weighted by atomic mass is 16.6. The molecule has 2 aliphatic heterocycles. The van der Waals surface area contributed by atoms with Crippen LogP contribution in [0.25, 0.3) is 0 Å². The zero-order chi connectivity index (χ0) is 34.5. The molecule has 274 valence electrons. The van der Waals surface area contributed by atoms with Crippen molar-refractivity contribution < 1.29 is 33.2 Å². The minimum absolute atomic E-state index is 0.0961. The Balaban J connectivity index is 1.44. The Labute approximate surface area is 296 Å². The maximum atomic E-state index is 7.05. The summed E-state index contributed by atoms with van der Waals surface area (Å²) in [5.74, 6) is 1.94. The van der Waals surface area contributed by atoms with Crippen molar-refractivity contribution in [3.05, 3.63) is 58.7 Å². The lowest BCUT2D eigenvalue weighted by atomic mass is 9.74. The highest BCUT2D eigenvalue weighted by Gasteiger charge is 2.49. The van der Waals surface area contributed by atoms with E-state index in [1.54, 1.807) is 7.11 Å². The normalized spacial score (nSPS) is 24.3. The molecule has 1 saturated carbocycles. The molecule has 5 atom stereocenters. The summed E-state index contributed by atoms with van der Waals surface area (Å²) in [6.07, 6.45) is 13.4. The average molecular weight is 681 g/mol. The highest BCUT2D eigenvalue weighted by molar-refractivity contribution is 5.45. The van der Waals surface area contributed by atoms with Gasteiger partial charge in [-0.2, -0.15) is 0 Å².